The predicted molar refractivity (Wildman–Crippen MR) is 102 cm³/mol. The molecule has 2 N–H and O–H groups in total. The molecule has 26 heavy (non-hydrogen) atoms. The Balaban J connectivity index is 1.54. The predicted octanol–water partition coefficient (Wildman–Crippen LogP) is 2.05. The summed E-state index contributed by atoms with van der Waals surface area (Å²) in [5.41, 5.74) is 6.35. The number of carbonyl (C=O) groups excluding carboxylic acids is 1. The van der Waals surface area contributed by atoms with Gasteiger partial charge in [0.25, 0.3) is 0 Å². The van der Waals surface area contributed by atoms with Crippen molar-refractivity contribution in [1.29, 1.82) is 0 Å². The van der Waals surface area contributed by atoms with Gasteiger partial charge in [-0.05, 0) is 30.7 Å². The van der Waals surface area contributed by atoms with Gasteiger partial charge in [-0.25, -0.2) is 4.98 Å². The molecule has 0 spiro atoms. The number of pyridine rings is 1. The van der Waals surface area contributed by atoms with Crippen LogP contribution in [0.5, 0.6) is 5.75 Å². The second-order valence-electron chi connectivity index (χ2n) is 6.50. The molecule has 1 fully saturated rings. The number of hydrogen-bond donors (Lipinski definition) is 1. The Labute approximate surface area is 154 Å². The average Bonchev–Trinajstić information content (AvgIpc) is 2.68. The van der Waals surface area contributed by atoms with Crippen LogP contribution >= 0.6 is 0 Å². The molecule has 0 saturated carbocycles. The standard InChI is InChI=1S/C20H26N4O2/c21-19(25)9-5-11-23-12-14-24(15-13-23)20-18(8-4-10-22-20)26-16-17-6-2-1-3-7-17/h1-4,6-8,10H,5,9,11-16H2,(H2,21,25). The Morgan fingerprint density at radius 3 is 2.58 bits per heavy atom. The van der Waals surface area contributed by atoms with E-state index in [2.05, 4.69) is 26.9 Å². The number of amides is 1. The maximum absolute atomic E-state index is 10.9. The molecule has 0 bridgehead atoms. The number of hydrogen-bond acceptors (Lipinski definition) is 5. The summed E-state index contributed by atoms with van der Waals surface area (Å²) in [4.78, 5) is 20.0. The van der Waals surface area contributed by atoms with Gasteiger partial charge in [0.1, 0.15) is 6.61 Å². The van der Waals surface area contributed by atoms with Crippen molar-refractivity contribution in [2.24, 2.45) is 5.73 Å². The van der Waals surface area contributed by atoms with E-state index in [4.69, 9.17) is 10.5 Å². The van der Waals surface area contributed by atoms with Crippen LogP contribution in [0, 0.1) is 0 Å². The minimum Gasteiger partial charge on any atom is -0.485 e. The van der Waals surface area contributed by atoms with Crippen molar-refractivity contribution in [1.82, 2.24) is 9.88 Å². The normalized spacial score (nSPS) is 15.0. The fourth-order valence-corrected chi connectivity index (χ4v) is 3.13. The molecule has 6 nitrogen and oxygen atoms in total. The van der Waals surface area contributed by atoms with Crippen molar-refractivity contribution < 1.29 is 9.53 Å². The molecule has 2 heterocycles. The molecule has 0 aliphatic carbocycles. The van der Waals surface area contributed by atoms with Crippen LogP contribution in [-0.4, -0.2) is 48.5 Å². The van der Waals surface area contributed by atoms with Crippen LogP contribution in [0.1, 0.15) is 18.4 Å². The summed E-state index contributed by atoms with van der Waals surface area (Å²) in [6.07, 6.45) is 3.09. The second-order valence-corrected chi connectivity index (χ2v) is 6.50. The molecule has 0 atom stereocenters. The maximum Gasteiger partial charge on any atom is 0.217 e. The SMILES string of the molecule is NC(=O)CCCN1CCN(c2ncccc2OCc2ccccc2)CC1. The van der Waals surface area contributed by atoms with Crippen LogP contribution in [0.3, 0.4) is 0 Å². The summed E-state index contributed by atoms with van der Waals surface area (Å²) < 4.78 is 6.03. The van der Waals surface area contributed by atoms with Gasteiger partial charge in [0.15, 0.2) is 11.6 Å². The molecular weight excluding hydrogens is 328 g/mol. The molecule has 0 unspecified atom stereocenters. The molecule has 1 aromatic carbocycles. The topological polar surface area (TPSA) is 71.7 Å². The minimum atomic E-state index is -0.225. The maximum atomic E-state index is 10.9. The Bertz CT molecular complexity index is 700. The van der Waals surface area contributed by atoms with Crippen LogP contribution in [-0.2, 0) is 11.4 Å². The Morgan fingerprint density at radius 2 is 1.85 bits per heavy atom. The number of benzene rings is 1. The van der Waals surface area contributed by atoms with Crippen LogP contribution in [0.2, 0.25) is 0 Å². The molecule has 2 aromatic rings. The van der Waals surface area contributed by atoms with Crippen LogP contribution < -0.4 is 15.4 Å². The zero-order chi connectivity index (χ0) is 18.2. The van der Waals surface area contributed by atoms with E-state index in [0.717, 1.165) is 56.3 Å². The number of anilines is 1. The molecule has 1 aliphatic heterocycles. The molecule has 0 radical (unpaired) electrons. The molecule has 1 amide bonds. The number of nitrogens with two attached hydrogens (primary N) is 1. The highest BCUT2D eigenvalue weighted by atomic mass is 16.5. The van der Waals surface area contributed by atoms with Gasteiger partial charge in [-0.15, -0.1) is 0 Å². The number of rotatable bonds is 8. The fraction of sp³-hybridized carbons (Fsp3) is 0.400. The third-order valence-corrected chi connectivity index (χ3v) is 4.56. The van der Waals surface area contributed by atoms with Gasteiger partial charge in [0.05, 0.1) is 0 Å². The highest BCUT2D eigenvalue weighted by molar-refractivity contribution is 5.73. The molecular formula is C20H26N4O2. The minimum absolute atomic E-state index is 0.225. The quantitative estimate of drug-likeness (QED) is 0.785. The van der Waals surface area contributed by atoms with E-state index in [-0.39, 0.29) is 5.91 Å². The summed E-state index contributed by atoms with van der Waals surface area (Å²) in [6, 6.07) is 14.0. The zero-order valence-electron chi connectivity index (χ0n) is 15.0. The number of nitrogens with zero attached hydrogens (tertiary/aromatic N) is 3. The fourth-order valence-electron chi connectivity index (χ4n) is 3.13. The third kappa shape index (κ3) is 5.20. The van der Waals surface area contributed by atoms with E-state index in [0.29, 0.717) is 13.0 Å². The van der Waals surface area contributed by atoms with Crippen molar-refractivity contribution in [3.05, 3.63) is 54.2 Å². The van der Waals surface area contributed by atoms with Gasteiger partial charge in [0, 0.05) is 38.8 Å². The summed E-state index contributed by atoms with van der Waals surface area (Å²) in [5, 5.41) is 0. The first-order valence-corrected chi connectivity index (χ1v) is 9.10. The van der Waals surface area contributed by atoms with E-state index in [1.165, 1.54) is 0 Å². The lowest BCUT2D eigenvalue weighted by atomic mass is 10.2. The Hall–Kier alpha value is -2.60. The zero-order valence-corrected chi connectivity index (χ0v) is 15.0. The first-order chi connectivity index (χ1) is 12.7. The Kier molecular flexibility index (Phi) is 6.44. The molecule has 1 saturated heterocycles. The number of primary amides is 1. The van der Waals surface area contributed by atoms with Crippen molar-refractivity contribution in [3.63, 3.8) is 0 Å². The van der Waals surface area contributed by atoms with E-state index in [9.17, 15) is 4.79 Å². The van der Waals surface area contributed by atoms with E-state index in [1.807, 2.05) is 36.5 Å². The summed E-state index contributed by atoms with van der Waals surface area (Å²) in [7, 11) is 0. The monoisotopic (exact) mass is 354 g/mol. The van der Waals surface area contributed by atoms with Crippen LogP contribution in [0.4, 0.5) is 5.82 Å². The van der Waals surface area contributed by atoms with Gasteiger partial charge < -0.3 is 15.4 Å². The van der Waals surface area contributed by atoms with Crippen LogP contribution in [0.15, 0.2) is 48.7 Å². The van der Waals surface area contributed by atoms with E-state index >= 15 is 0 Å². The molecule has 3 rings (SSSR count). The van der Waals surface area contributed by atoms with E-state index < -0.39 is 0 Å². The lowest BCUT2D eigenvalue weighted by molar-refractivity contribution is -0.118. The van der Waals surface area contributed by atoms with Gasteiger partial charge in [-0.1, -0.05) is 30.3 Å². The largest absolute Gasteiger partial charge is 0.485 e. The smallest absolute Gasteiger partial charge is 0.217 e. The third-order valence-electron chi connectivity index (χ3n) is 4.56. The van der Waals surface area contributed by atoms with Gasteiger partial charge in [-0.2, -0.15) is 0 Å². The van der Waals surface area contributed by atoms with Crippen molar-refractivity contribution in [2.45, 2.75) is 19.4 Å². The van der Waals surface area contributed by atoms with Gasteiger partial charge in [0.2, 0.25) is 5.91 Å². The first kappa shape index (κ1) is 18.2. The molecule has 1 aliphatic rings. The second kappa shape index (κ2) is 9.20. The van der Waals surface area contributed by atoms with Crippen LogP contribution in [0.25, 0.3) is 0 Å². The van der Waals surface area contributed by atoms with Crippen molar-refractivity contribution in [2.75, 3.05) is 37.6 Å². The molecule has 6 heteroatoms. The first-order valence-electron chi connectivity index (χ1n) is 9.10. The highest BCUT2D eigenvalue weighted by Gasteiger charge is 2.20. The number of piperazine rings is 1. The number of ether oxygens (including phenoxy) is 1. The summed E-state index contributed by atoms with van der Waals surface area (Å²) in [5.74, 6) is 1.50. The van der Waals surface area contributed by atoms with Gasteiger partial charge in [-0.3, -0.25) is 9.69 Å². The lowest BCUT2D eigenvalue weighted by Gasteiger charge is -2.35. The molecule has 138 valence electrons. The number of aromatic nitrogens is 1. The average molecular weight is 354 g/mol. The number of carbonyl (C=O) groups is 1. The highest BCUT2D eigenvalue weighted by Crippen LogP contribution is 2.27. The van der Waals surface area contributed by atoms with Gasteiger partial charge >= 0.3 is 0 Å². The summed E-state index contributed by atoms with van der Waals surface area (Å²) in [6.45, 7) is 5.15. The lowest BCUT2D eigenvalue weighted by Crippen LogP contribution is -2.47. The Morgan fingerprint density at radius 1 is 1.08 bits per heavy atom. The summed E-state index contributed by atoms with van der Waals surface area (Å²) >= 11 is 0. The van der Waals surface area contributed by atoms with E-state index in [1.54, 1.807) is 0 Å². The van der Waals surface area contributed by atoms with Crippen molar-refractivity contribution in [3.8, 4) is 5.75 Å². The van der Waals surface area contributed by atoms with Crippen molar-refractivity contribution >= 4 is 11.7 Å². The molecule has 1 aromatic heterocycles.